The lowest BCUT2D eigenvalue weighted by Crippen LogP contribution is -2.16. The third-order valence-corrected chi connectivity index (χ3v) is 5.08. The maximum atomic E-state index is 5.20. The number of anilines is 1. The summed E-state index contributed by atoms with van der Waals surface area (Å²) in [6.07, 6.45) is 6.09. The van der Waals surface area contributed by atoms with Crippen LogP contribution in [0.15, 0.2) is 41.3 Å². The predicted octanol–water partition coefficient (Wildman–Crippen LogP) is 3.54. The molecule has 0 unspecified atom stereocenters. The van der Waals surface area contributed by atoms with E-state index < -0.39 is 0 Å². The van der Waals surface area contributed by atoms with Crippen molar-refractivity contribution in [2.75, 3.05) is 19.0 Å². The number of aromatic nitrogens is 3. The van der Waals surface area contributed by atoms with Crippen LogP contribution in [0.3, 0.4) is 0 Å². The summed E-state index contributed by atoms with van der Waals surface area (Å²) < 4.78 is 8.14. The molecule has 1 atom stereocenters. The standard InChI is InChI=1S/C18H20BrN5O/c1-25-13-6-4-12(5-7-13)11-22-17-15-16(19)23-18(14-3-2-8-20-14)24(15)10-9-21-17/h4-7,9-10,14,20H,2-3,8,11H2,1H3,(H,21,22)/t14-/m0/s1. The summed E-state index contributed by atoms with van der Waals surface area (Å²) in [5.41, 5.74) is 2.14. The lowest BCUT2D eigenvalue weighted by molar-refractivity contribution is 0.414. The van der Waals surface area contributed by atoms with Crippen molar-refractivity contribution in [1.82, 2.24) is 19.7 Å². The molecule has 0 radical (unpaired) electrons. The van der Waals surface area contributed by atoms with Crippen molar-refractivity contribution in [3.05, 3.63) is 52.7 Å². The van der Waals surface area contributed by atoms with Crippen LogP contribution in [0.1, 0.15) is 30.3 Å². The van der Waals surface area contributed by atoms with Crippen molar-refractivity contribution in [1.29, 1.82) is 0 Å². The molecular weight excluding hydrogens is 382 g/mol. The van der Waals surface area contributed by atoms with Crippen LogP contribution in [0.5, 0.6) is 5.75 Å². The number of nitrogens with zero attached hydrogens (tertiary/aromatic N) is 3. The molecule has 130 valence electrons. The number of ether oxygens (including phenoxy) is 1. The second-order valence-corrected chi connectivity index (χ2v) is 6.86. The van der Waals surface area contributed by atoms with Crippen molar-refractivity contribution in [3.63, 3.8) is 0 Å². The Morgan fingerprint density at radius 3 is 2.92 bits per heavy atom. The number of halogens is 1. The van der Waals surface area contributed by atoms with Crippen molar-refractivity contribution in [3.8, 4) is 5.75 Å². The fraction of sp³-hybridized carbons (Fsp3) is 0.333. The van der Waals surface area contributed by atoms with Crippen molar-refractivity contribution in [2.24, 2.45) is 0 Å². The Kier molecular flexibility index (Phi) is 4.59. The summed E-state index contributed by atoms with van der Waals surface area (Å²) in [5, 5.41) is 6.93. The van der Waals surface area contributed by atoms with E-state index in [1.54, 1.807) is 7.11 Å². The van der Waals surface area contributed by atoms with Gasteiger partial charge in [-0.2, -0.15) is 0 Å². The van der Waals surface area contributed by atoms with Crippen LogP contribution in [0, 0.1) is 0 Å². The van der Waals surface area contributed by atoms with Gasteiger partial charge in [0.05, 0.1) is 13.2 Å². The summed E-state index contributed by atoms with van der Waals surface area (Å²) in [6.45, 7) is 1.73. The van der Waals surface area contributed by atoms with Crippen molar-refractivity contribution in [2.45, 2.75) is 25.4 Å². The summed E-state index contributed by atoms with van der Waals surface area (Å²) in [5.74, 6) is 2.72. The third-order valence-electron chi connectivity index (χ3n) is 4.53. The molecule has 0 spiro atoms. The smallest absolute Gasteiger partial charge is 0.153 e. The Morgan fingerprint density at radius 2 is 2.20 bits per heavy atom. The van der Waals surface area contributed by atoms with E-state index >= 15 is 0 Å². The van der Waals surface area contributed by atoms with E-state index in [1.807, 2.05) is 36.7 Å². The van der Waals surface area contributed by atoms with Crippen LogP contribution in [0.4, 0.5) is 5.82 Å². The van der Waals surface area contributed by atoms with E-state index in [1.165, 1.54) is 6.42 Å². The highest BCUT2D eigenvalue weighted by atomic mass is 79.9. The van der Waals surface area contributed by atoms with E-state index in [4.69, 9.17) is 9.72 Å². The maximum absolute atomic E-state index is 5.20. The molecular formula is C18H20BrN5O. The molecule has 1 aliphatic rings. The lowest BCUT2D eigenvalue weighted by Gasteiger charge is -2.11. The molecule has 1 aliphatic heterocycles. The Balaban J connectivity index is 1.60. The molecule has 1 aromatic carbocycles. The summed E-state index contributed by atoms with van der Waals surface area (Å²) >= 11 is 3.60. The molecule has 3 aromatic rings. The van der Waals surface area contributed by atoms with Crippen LogP contribution in [0.2, 0.25) is 0 Å². The number of benzene rings is 1. The molecule has 0 bridgehead atoms. The summed E-state index contributed by atoms with van der Waals surface area (Å²) in [4.78, 5) is 9.24. The fourth-order valence-corrected chi connectivity index (χ4v) is 3.79. The molecule has 7 heteroatoms. The second-order valence-electron chi connectivity index (χ2n) is 6.11. The predicted molar refractivity (Wildman–Crippen MR) is 101 cm³/mol. The topological polar surface area (TPSA) is 63.5 Å². The number of nitrogens with one attached hydrogen (secondary N) is 2. The van der Waals surface area contributed by atoms with Crippen molar-refractivity contribution < 1.29 is 4.74 Å². The van der Waals surface area contributed by atoms with E-state index in [9.17, 15) is 0 Å². The molecule has 0 amide bonds. The molecule has 2 aromatic heterocycles. The SMILES string of the molecule is COc1ccc(CNc2nccn3c([C@@H]4CCCN4)nc(Br)c23)cc1. The van der Waals surface area contributed by atoms with Crippen LogP contribution in [-0.2, 0) is 6.54 Å². The zero-order valence-electron chi connectivity index (χ0n) is 14.0. The van der Waals surface area contributed by atoms with Crippen LogP contribution in [0.25, 0.3) is 5.52 Å². The maximum Gasteiger partial charge on any atom is 0.153 e. The van der Waals surface area contributed by atoms with Crippen LogP contribution < -0.4 is 15.4 Å². The van der Waals surface area contributed by atoms with E-state index in [0.29, 0.717) is 12.6 Å². The monoisotopic (exact) mass is 401 g/mol. The van der Waals surface area contributed by atoms with Crippen LogP contribution in [-0.4, -0.2) is 28.0 Å². The number of rotatable bonds is 5. The highest BCUT2D eigenvalue weighted by Gasteiger charge is 2.23. The van der Waals surface area contributed by atoms with E-state index in [-0.39, 0.29) is 0 Å². The van der Waals surface area contributed by atoms with Gasteiger partial charge in [-0.15, -0.1) is 0 Å². The third kappa shape index (κ3) is 3.21. The number of imidazole rings is 1. The minimum absolute atomic E-state index is 0.302. The van der Waals surface area contributed by atoms with Gasteiger partial charge in [0.25, 0.3) is 0 Å². The largest absolute Gasteiger partial charge is 0.497 e. The highest BCUT2D eigenvalue weighted by Crippen LogP contribution is 2.30. The van der Waals surface area contributed by atoms with Gasteiger partial charge >= 0.3 is 0 Å². The molecule has 2 N–H and O–H groups in total. The highest BCUT2D eigenvalue weighted by molar-refractivity contribution is 9.10. The first-order valence-electron chi connectivity index (χ1n) is 8.39. The van der Waals surface area contributed by atoms with Gasteiger partial charge in [-0.25, -0.2) is 9.97 Å². The molecule has 0 aliphatic carbocycles. The van der Waals surface area contributed by atoms with E-state index in [2.05, 4.69) is 35.9 Å². The van der Waals surface area contributed by atoms with Gasteiger partial charge in [-0.3, -0.25) is 4.40 Å². The van der Waals surface area contributed by atoms with Gasteiger partial charge < -0.3 is 15.4 Å². The Hall–Kier alpha value is -2.12. The minimum Gasteiger partial charge on any atom is -0.497 e. The molecule has 1 fully saturated rings. The normalized spacial score (nSPS) is 17.1. The first-order valence-corrected chi connectivity index (χ1v) is 9.18. The number of methoxy groups -OCH3 is 1. The lowest BCUT2D eigenvalue weighted by atomic mass is 10.2. The Bertz CT molecular complexity index is 871. The van der Waals surface area contributed by atoms with Gasteiger partial charge in [0.1, 0.15) is 21.7 Å². The molecule has 25 heavy (non-hydrogen) atoms. The molecule has 3 heterocycles. The van der Waals surface area contributed by atoms with Crippen molar-refractivity contribution >= 4 is 27.3 Å². The van der Waals surface area contributed by atoms with Gasteiger partial charge in [0.2, 0.25) is 0 Å². The number of hydrogen-bond donors (Lipinski definition) is 2. The average molecular weight is 402 g/mol. The summed E-state index contributed by atoms with van der Waals surface area (Å²) in [6, 6.07) is 8.32. The molecule has 1 saturated heterocycles. The number of hydrogen-bond acceptors (Lipinski definition) is 5. The average Bonchev–Trinajstić information content (AvgIpc) is 3.29. The van der Waals surface area contributed by atoms with Crippen LogP contribution >= 0.6 is 15.9 Å². The Labute approximate surface area is 154 Å². The number of fused-ring (bicyclic) bond motifs is 1. The molecule has 0 saturated carbocycles. The van der Waals surface area contributed by atoms with Gasteiger partial charge in [0.15, 0.2) is 5.82 Å². The fourth-order valence-electron chi connectivity index (χ4n) is 3.23. The zero-order valence-corrected chi connectivity index (χ0v) is 15.6. The summed E-state index contributed by atoms with van der Waals surface area (Å²) in [7, 11) is 1.67. The Morgan fingerprint density at radius 1 is 1.36 bits per heavy atom. The van der Waals surface area contributed by atoms with Gasteiger partial charge in [0, 0.05) is 18.9 Å². The minimum atomic E-state index is 0.302. The quantitative estimate of drug-likeness (QED) is 0.684. The molecule has 4 rings (SSSR count). The van der Waals surface area contributed by atoms with E-state index in [0.717, 1.165) is 46.0 Å². The first-order chi connectivity index (χ1) is 12.3. The van der Waals surface area contributed by atoms with Gasteiger partial charge in [-0.05, 0) is 53.0 Å². The zero-order chi connectivity index (χ0) is 17.2. The second kappa shape index (κ2) is 7.01. The van der Waals surface area contributed by atoms with Gasteiger partial charge in [-0.1, -0.05) is 12.1 Å². The first kappa shape index (κ1) is 16.4. The molecule has 6 nitrogen and oxygen atoms in total.